The molecule has 4 heteroatoms. The van der Waals surface area contributed by atoms with Crippen LogP contribution < -0.4 is 9.80 Å². The standard InChI is InChI=1S/C12H14N2O2/c1-13(5-6-15)10-3-4-11-9(7-10)8-12(16)14(11)2/h3-4,6-7H,5,8H2,1-2H3. The van der Waals surface area contributed by atoms with Crippen molar-refractivity contribution in [1.29, 1.82) is 0 Å². The van der Waals surface area contributed by atoms with E-state index in [-0.39, 0.29) is 5.91 Å². The zero-order chi connectivity index (χ0) is 11.7. The van der Waals surface area contributed by atoms with Crippen molar-refractivity contribution in [3.8, 4) is 0 Å². The van der Waals surface area contributed by atoms with E-state index in [1.165, 1.54) is 0 Å². The maximum absolute atomic E-state index is 11.5. The molecule has 1 heterocycles. The molecule has 1 amide bonds. The first kappa shape index (κ1) is 10.7. The quantitative estimate of drug-likeness (QED) is 0.706. The molecule has 1 aromatic rings. The average Bonchev–Trinajstić information content (AvgIpc) is 2.55. The van der Waals surface area contributed by atoms with Gasteiger partial charge in [0.2, 0.25) is 5.91 Å². The molecule has 0 saturated carbocycles. The highest BCUT2D eigenvalue weighted by molar-refractivity contribution is 6.01. The van der Waals surface area contributed by atoms with Crippen LogP contribution in [0, 0.1) is 0 Å². The molecule has 0 fully saturated rings. The van der Waals surface area contributed by atoms with Crippen molar-refractivity contribution in [3.05, 3.63) is 23.8 Å². The van der Waals surface area contributed by atoms with Gasteiger partial charge in [0.05, 0.1) is 13.0 Å². The van der Waals surface area contributed by atoms with Gasteiger partial charge < -0.3 is 14.6 Å². The minimum atomic E-state index is 0.116. The third-order valence-corrected chi connectivity index (χ3v) is 2.93. The summed E-state index contributed by atoms with van der Waals surface area (Å²) in [6.07, 6.45) is 1.32. The number of hydrogen-bond acceptors (Lipinski definition) is 3. The van der Waals surface area contributed by atoms with Gasteiger partial charge in [0, 0.05) is 25.5 Å². The fourth-order valence-electron chi connectivity index (χ4n) is 1.91. The number of nitrogens with zero attached hydrogens (tertiary/aromatic N) is 2. The second kappa shape index (κ2) is 3.96. The number of likely N-dealkylation sites (N-methyl/N-ethyl adjacent to an activating group) is 2. The second-order valence-corrected chi connectivity index (χ2v) is 3.99. The number of fused-ring (bicyclic) bond motifs is 1. The van der Waals surface area contributed by atoms with Crippen molar-refractivity contribution in [2.75, 3.05) is 30.4 Å². The van der Waals surface area contributed by atoms with E-state index < -0.39 is 0 Å². The van der Waals surface area contributed by atoms with Crippen LogP contribution >= 0.6 is 0 Å². The first-order valence-electron chi connectivity index (χ1n) is 5.17. The zero-order valence-corrected chi connectivity index (χ0v) is 9.43. The summed E-state index contributed by atoms with van der Waals surface area (Å²) in [5.41, 5.74) is 2.96. The molecular weight excluding hydrogens is 204 g/mol. The molecule has 0 bridgehead atoms. The average molecular weight is 218 g/mol. The van der Waals surface area contributed by atoms with E-state index in [9.17, 15) is 9.59 Å². The summed E-state index contributed by atoms with van der Waals surface area (Å²) in [4.78, 5) is 25.4. The van der Waals surface area contributed by atoms with Crippen LogP contribution in [0.3, 0.4) is 0 Å². The van der Waals surface area contributed by atoms with Crippen LogP contribution in [-0.4, -0.2) is 32.8 Å². The lowest BCUT2D eigenvalue weighted by atomic mass is 10.1. The van der Waals surface area contributed by atoms with Crippen LogP contribution in [0.5, 0.6) is 0 Å². The Hall–Kier alpha value is -1.84. The van der Waals surface area contributed by atoms with Crippen molar-refractivity contribution in [2.45, 2.75) is 6.42 Å². The Labute approximate surface area is 94.5 Å². The summed E-state index contributed by atoms with van der Waals surface area (Å²) in [5, 5.41) is 0. The molecule has 1 aliphatic heterocycles. The molecule has 2 rings (SSSR count). The number of amides is 1. The highest BCUT2D eigenvalue weighted by atomic mass is 16.2. The molecule has 0 N–H and O–H groups in total. The summed E-state index contributed by atoms with van der Waals surface area (Å²) in [5.74, 6) is 0.116. The summed E-state index contributed by atoms with van der Waals surface area (Å²) in [6, 6.07) is 5.83. The highest BCUT2D eigenvalue weighted by Gasteiger charge is 2.24. The molecule has 16 heavy (non-hydrogen) atoms. The summed E-state index contributed by atoms with van der Waals surface area (Å²) < 4.78 is 0. The van der Waals surface area contributed by atoms with Crippen LogP contribution in [-0.2, 0) is 16.0 Å². The number of carbonyl (C=O) groups is 2. The van der Waals surface area contributed by atoms with Crippen molar-refractivity contribution >= 4 is 23.6 Å². The van der Waals surface area contributed by atoms with Gasteiger partial charge in [0.25, 0.3) is 0 Å². The predicted octanol–water partition coefficient (Wildman–Crippen LogP) is 0.841. The summed E-state index contributed by atoms with van der Waals surface area (Å²) in [6.45, 7) is 0.364. The van der Waals surface area contributed by atoms with Crippen molar-refractivity contribution in [2.24, 2.45) is 0 Å². The van der Waals surface area contributed by atoms with Gasteiger partial charge in [-0.2, -0.15) is 0 Å². The topological polar surface area (TPSA) is 40.6 Å². The van der Waals surface area contributed by atoms with Crippen molar-refractivity contribution in [1.82, 2.24) is 0 Å². The van der Waals surface area contributed by atoms with Gasteiger partial charge in [-0.3, -0.25) is 4.79 Å². The van der Waals surface area contributed by atoms with E-state index >= 15 is 0 Å². The van der Waals surface area contributed by atoms with Crippen LogP contribution in [0.4, 0.5) is 11.4 Å². The maximum Gasteiger partial charge on any atom is 0.231 e. The molecule has 0 aliphatic carbocycles. The fourth-order valence-corrected chi connectivity index (χ4v) is 1.91. The molecule has 1 aromatic carbocycles. The van der Waals surface area contributed by atoms with Crippen LogP contribution in [0.2, 0.25) is 0 Å². The SMILES string of the molecule is CN(CC=O)c1ccc2c(c1)CC(=O)N2C. The van der Waals surface area contributed by atoms with Gasteiger partial charge in [0.15, 0.2) is 0 Å². The number of benzene rings is 1. The molecule has 0 spiro atoms. The third kappa shape index (κ3) is 1.66. The Balaban J connectivity index is 2.31. The van der Waals surface area contributed by atoms with Crippen LogP contribution in [0.15, 0.2) is 18.2 Å². The smallest absolute Gasteiger partial charge is 0.231 e. The lowest BCUT2D eigenvalue weighted by Gasteiger charge is -2.17. The first-order valence-corrected chi connectivity index (χ1v) is 5.17. The Morgan fingerprint density at radius 2 is 2.25 bits per heavy atom. The second-order valence-electron chi connectivity index (χ2n) is 3.99. The largest absolute Gasteiger partial charge is 0.368 e. The minimum absolute atomic E-state index is 0.116. The van der Waals surface area contributed by atoms with Crippen LogP contribution in [0.1, 0.15) is 5.56 Å². The predicted molar refractivity (Wildman–Crippen MR) is 62.9 cm³/mol. The summed E-state index contributed by atoms with van der Waals surface area (Å²) in [7, 11) is 3.64. The van der Waals surface area contributed by atoms with Gasteiger partial charge in [-0.1, -0.05) is 0 Å². The fraction of sp³-hybridized carbons (Fsp3) is 0.333. The van der Waals surface area contributed by atoms with E-state index in [0.29, 0.717) is 13.0 Å². The molecule has 0 aromatic heterocycles. The Morgan fingerprint density at radius 1 is 1.50 bits per heavy atom. The van der Waals surface area contributed by atoms with Gasteiger partial charge in [-0.05, 0) is 23.8 Å². The first-order chi connectivity index (χ1) is 7.63. The van der Waals surface area contributed by atoms with E-state index in [4.69, 9.17) is 0 Å². The lowest BCUT2D eigenvalue weighted by molar-refractivity contribution is -0.117. The third-order valence-electron chi connectivity index (χ3n) is 2.93. The number of hydrogen-bond donors (Lipinski definition) is 0. The molecule has 0 atom stereocenters. The van der Waals surface area contributed by atoms with Gasteiger partial charge in [-0.15, -0.1) is 0 Å². The van der Waals surface area contributed by atoms with E-state index in [1.807, 2.05) is 30.1 Å². The van der Waals surface area contributed by atoms with E-state index in [1.54, 1.807) is 11.9 Å². The van der Waals surface area contributed by atoms with Crippen molar-refractivity contribution in [3.63, 3.8) is 0 Å². The zero-order valence-electron chi connectivity index (χ0n) is 9.43. The van der Waals surface area contributed by atoms with Crippen molar-refractivity contribution < 1.29 is 9.59 Å². The maximum atomic E-state index is 11.5. The molecule has 0 saturated heterocycles. The molecule has 1 aliphatic rings. The minimum Gasteiger partial charge on any atom is -0.368 e. The monoisotopic (exact) mass is 218 g/mol. The lowest BCUT2D eigenvalue weighted by Crippen LogP contribution is -2.20. The van der Waals surface area contributed by atoms with E-state index in [2.05, 4.69) is 0 Å². The molecule has 0 radical (unpaired) electrons. The summed E-state index contributed by atoms with van der Waals surface area (Å²) >= 11 is 0. The Bertz CT molecular complexity index is 443. The number of carbonyl (C=O) groups excluding carboxylic acids is 2. The molecular formula is C12H14N2O2. The van der Waals surface area contributed by atoms with Gasteiger partial charge in [0.1, 0.15) is 6.29 Å². The number of aldehydes is 1. The van der Waals surface area contributed by atoms with Gasteiger partial charge >= 0.3 is 0 Å². The molecule has 0 unspecified atom stereocenters. The Kier molecular flexibility index (Phi) is 2.64. The van der Waals surface area contributed by atoms with Crippen LogP contribution in [0.25, 0.3) is 0 Å². The molecule has 84 valence electrons. The number of anilines is 2. The van der Waals surface area contributed by atoms with E-state index in [0.717, 1.165) is 23.2 Å². The van der Waals surface area contributed by atoms with Gasteiger partial charge in [-0.25, -0.2) is 0 Å². The Morgan fingerprint density at radius 3 is 2.94 bits per heavy atom. The molecule has 4 nitrogen and oxygen atoms in total. The highest BCUT2D eigenvalue weighted by Crippen LogP contribution is 2.30. The normalized spacial score (nSPS) is 13.9. The number of rotatable bonds is 3.